The van der Waals surface area contributed by atoms with Crippen molar-refractivity contribution < 1.29 is 9.52 Å². The molecule has 14 heavy (non-hydrogen) atoms. The van der Waals surface area contributed by atoms with E-state index in [1.54, 1.807) is 6.26 Å². The molecule has 0 fully saturated rings. The van der Waals surface area contributed by atoms with Crippen LogP contribution in [0.25, 0.3) is 0 Å². The van der Waals surface area contributed by atoms with Crippen LogP contribution >= 0.6 is 0 Å². The summed E-state index contributed by atoms with van der Waals surface area (Å²) < 4.78 is 5.17. The van der Waals surface area contributed by atoms with Crippen LogP contribution in [0.2, 0.25) is 0 Å². The third-order valence-electron chi connectivity index (χ3n) is 2.54. The molecule has 0 aliphatic rings. The number of furan rings is 1. The largest absolute Gasteiger partial charge is 0.469 e. The number of hydrogen-bond acceptors (Lipinski definition) is 2. The van der Waals surface area contributed by atoms with Crippen molar-refractivity contribution in [1.82, 2.24) is 0 Å². The van der Waals surface area contributed by atoms with E-state index in [1.165, 1.54) is 12.8 Å². The highest BCUT2D eigenvalue weighted by Gasteiger charge is 2.13. The number of hydrogen-bond donors (Lipinski definition) is 1. The molecule has 0 aliphatic heterocycles. The zero-order valence-corrected chi connectivity index (χ0v) is 9.29. The lowest BCUT2D eigenvalue weighted by atomic mass is 9.96. The third-order valence-corrected chi connectivity index (χ3v) is 2.54. The van der Waals surface area contributed by atoms with Crippen molar-refractivity contribution in [2.24, 2.45) is 5.92 Å². The minimum Gasteiger partial charge on any atom is -0.469 e. The van der Waals surface area contributed by atoms with Crippen LogP contribution in [-0.4, -0.2) is 5.11 Å². The maximum atomic E-state index is 9.87. The van der Waals surface area contributed by atoms with Crippen molar-refractivity contribution in [3.63, 3.8) is 0 Å². The van der Waals surface area contributed by atoms with Gasteiger partial charge in [-0.3, -0.25) is 0 Å². The summed E-state index contributed by atoms with van der Waals surface area (Å²) in [5, 5.41) is 9.87. The van der Waals surface area contributed by atoms with Gasteiger partial charge in [-0.25, -0.2) is 0 Å². The van der Waals surface area contributed by atoms with E-state index in [0.29, 0.717) is 5.92 Å². The lowest BCUT2D eigenvalue weighted by Gasteiger charge is -2.14. The van der Waals surface area contributed by atoms with Crippen molar-refractivity contribution in [1.29, 1.82) is 0 Å². The maximum Gasteiger partial charge on any atom is 0.101 e. The molecule has 80 valence electrons. The molecule has 2 heteroatoms. The molecular formula is C12H20O2. The van der Waals surface area contributed by atoms with Gasteiger partial charge in [0, 0.05) is 5.56 Å². The Balaban J connectivity index is 2.45. The van der Waals surface area contributed by atoms with Gasteiger partial charge in [0.25, 0.3) is 0 Å². The van der Waals surface area contributed by atoms with Gasteiger partial charge in [-0.2, -0.15) is 0 Å². The molecule has 1 aromatic heterocycles. The molecule has 1 heterocycles. The van der Waals surface area contributed by atoms with E-state index in [9.17, 15) is 5.11 Å². The second kappa shape index (κ2) is 5.20. The molecule has 1 aromatic rings. The molecule has 0 bridgehead atoms. The van der Waals surface area contributed by atoms with Crippen LogP contribution in [0.5, 0.6) is 0 Å². The van der Waals surface area contributed by atoms with Gasteiger partial charge in [-0.1, -0.05) is 26.7 Å². The molecule has 1 rings (SSSR count). The molecule has 1 N–H and O–H groups in total. The van der Waals surface area contributed by atoms with Gasteiger partial charge >= 0.3 is 0 Å². The van der Waals surface area contributed by atoms with Crippen LogP contribution < -0.4 is 0 Å². The molecule has 0 radical (unpaired) electrons. The SMILES string of the molecule is CCCC(C)CC(O)c1coc(C)c1. The first-order chi connectivity index (χ1) is 6.63. The second-order valence-corrected chi connectivity index (χ2v) is 4.14. The van der Waals surface area contributed by atoms with Gasteiger partial charge in [-0.05, 0) is 25.3 Å². The Morgan fingerprint density at radius 1 is 1.50 bits per heavy atom. The van der Waals surface area contributed by atoms with Crippen LogP contribution in [0.4, 0.5) is 0 Å². The van der Waals surface area contributed by atoms with Crippen molar-refractivity contribution in [2.75, 3.05) is 0 Å². The van der Waals surface area contributed by atoms with E-state index in [2.05, 4.69) is 13.8 Å². The highest BCUT2D eigenvalue weighted by Crippen LogP contribution is 2.24. The molecule has 0 spiro atoms. The topological polar surface area (TPSA) is 33.4 Å². The predicted molar refractivity (Wildman–Crippen MR) is 57.1 cm³/mol. The summed E-state index contributed by atoms with van der Waals surface area (Å²) in [5.41, 5.74) is 0.908. The van der Waals surface area contributed by atoms with Gasteiger partial charge in [0.15, 0.2) is 0 Å². The van der Waals surface area contributed by atoms with Gasteiger partial charge in [0.1, 0.15) is 5.76 Å². The van der Waals surface area contributed by atoms with Crippen molar-refractivity contribution in [3.8, 4) is 0 Å². The van der Waals surface area contributed by atoms with E-state index in [4.69, 9.17) is 4.42 Å². The van der Waals surface area contributed by atoms with Crippen LogP contribution in [0.15, 0.2) is 16.7 Å². The normalized spacial score (nSPS) is 15.4. The third kappa shape index (κ3) is 3.18. The smallest absolute Gasteiger partial charge is 0.101 e. The molecule has 2 atom stereocenters. The summed E-state index contributed by atoms with van der Waals surface area (Å²) in [6, 6.07) is 1.91. The number of aliphatic hydroxyl groups is 1. The summed E-state index contributed by atoms with van der Waals surface area (Å²) in [6.45, 7) is 6.25. The van der Waals surface area contributed by atoms with Gasteiger partial charge in [-0.15, -0.1) is 0 Å². The number of aryl methyl sites for hydroxylation is 1. The maximum absolute atomic E-state index is 9.87. The lowest BCUT2D eigenvalue weighted by molar-refractivity contribution is 0.144. The van der Waals surface area contributed by atoms with E-state index >= 15 is 0 Å². The zero-order chi connectivity index (χ0) is 10.6. The van der Waals surface area contributed by atoms with Crippen LogP contribution in [0, 0.1) is 12.8 Å². The van der Waals surface area contributed by atoms with Crippen LogP contribution in [0.1, 0.15) is 50.5 Å². The van der Waals surface area contributed by atoms with Gasteiger partial charge in [0.05, 0.1) is 12.4 Å². The fourth-order valence-corrected chi connectivity index (χ4v) is 1.77. The van der Waals surface area contributed by atoms with Crippen LogP contribution in [-0.2, 0) is 0 Å². The molecule has 0 saturated carbocycles. The summed E-state index contributed by atoms with van der Waals surface area (Å²) in [5.74, 6) is 1.44. The van der Waals surface area contributed by atoms with E-state index < -0.39 is 0 Å². The summed E-state index contributed by atoms with van der Waals surface area (Å²) in [4.78, 5) is 0. The Labute approximate surface area is 85.9 Å². The first kappa shape index (κ1) is 11.3. The monoisotopic (exact) mass is 196 g/mol. The standard InChI is InChI=1S/C12H20O2/c1-4-5-9(2)6-12(13)11-7-10(3)14-8-11/h7-9,12-13H,4-6H2,1-3H3. The van der Waals surface area contributed by atoms with Gasteiger partial charge < -0.3 is 9.52 Å². The first-order valence-electron chi connectivity index (χ1n) is 5.36. The fourth-order valence-electron chi connectivity index (χ4n) is 1.77. The fraction of sp³-hybridized carbons (Fsp3) is 0.667. The molecule has 0 aromatic carbocycles. The zero-order valence-electron chi connectivity index (χ0n) is 9.29. The van der Waals surface area contributed by atoms with Gasteiger partial charge in [0.2, 0.25) is 0 Å². The quantitative estimate of drug-likeness (QED) is 0.782. The van der Waals surface area contributed by atoms with Crippen LogP contribution in [0.3, 0.4) is 0 Å². The highest BCUT2D eigenvalue weighted by atomic mass is 16.3. The number of rotatable bonds is 5. The minimum atomic E-state index is -0.367. The van der Waals surface area contributed by atoms with Crippen molar-refractivity contribution in [3.05, 3.63) is 23.7 Å². The molecule has 2 unspecified atom stereocenters. The van der Waals surface area contributed by atoms with Crippen molar-refractivity contribution in [2.45, 2.75) is 46.1 Å². The molecule has 0 saturated heterocycles. The lowest BCUT2D eigenvalue weighted by Crippen LogP contribution is -2.03. The Morgan fingerprint density at radius 3 is 2.71 bits per heavy atom. The molecule has 0 aliphatic carbocycles. The predicted octanol–water partition coefficient (Wildman–Crippen LogP) is 3.45. The second-order valence-electron chi connectivity index (χ2n) is 4.14. The van der Waals surface area contributed by atoms with E-state index in [-0.39, 0.29) is 6.10 Å². The Bertz CT molecular complexity index is 265. The average molecular weight is 196 g/mol. The van der Waals surface area contributed by atoms with Crippen molar-refractivity contribution >= 4 is 0 Å². The summed E-state index contributed by atoms with van der Waals surface area (Å²) in [7, 11) is 0. The highest BCUT2D eigenvalue weighted by molar-refractivity contribution is 5.14. The molecule has 2 nitrogen and oxygen atoms in total. The Kier molecular flexibility index (Phi) is 4.21. The first-order valence-corrected chi connectivity index (χ1v) is 5.36. The molecule has 0 amide bonds. The molecular weight excluding hydrogens is 176 g/mol. The minimum absolute atomic E-state index is 0.367. The average Bonchev–Trinajstić information content (AvgIpc) is 2.52. The summed E-state index contributed by atoms with van der Waals surface area (Å²) >= 11 is 0. The summed E-state index contributed by atoms with van der Waals surface area (Å²) in [6.07, 6.45) is 4.46. The van der Waals surface area contributed by atoms with E-state index in [1.807, 2.05) is 13.0 Å². The number of aliphatic hydroxyl groups excluding tert-OH is 1. The van der Waals surface area contributed by atoms with E-state index in [0.717, 1.165) is 17.7 Å². The Hall–Kier alpha value is -0.760. The Morgan fingerprint density at radius 2 is 2.21 bits per heavy atom.